The van der Waals surface area contributed by atoms with Gasteiger partial charge in [0.15, 0.2) is 0 Å². The SMILES string of the molecule is CC.CC/C=C/CCCCCCN(C(C)C)C(C)C. The second-order valence-corrected chi connectivity index (χ2v) is 5.51. The zero-order valence-electron chi connectivity index (χ0n) is 14.7. The summed E-state index contributed by atoms with van der Waals surface area (Å²) in [7, 11) is 0. The minimum atomic E-state index is 0.683. The van der Waals surface area contributed by atoms with Crippen molar-refractivity contribution in [1.29, 1.82) is 0 Å². The van der Waals surface area contributed by atoms with E-state index in [2.05, 4.69) is 51.7 Å². The Balaban J connectivity index is 0. The minimum Gasteiger partial charge on any atom is -0.299 e. The summed E-state index contributed by atoms with van der Waals surface area (Å²) < 4.78 is 0. The van der Waals surface area contributed by atoms with Gasteiger partial charge in [0.2, 0.25) is 0 Å². The molecule has 0 bridgehead atoms. The maximum atomic E-state index is 2.59. The molecule has 1 heteroatoms. The fourth-order valence-electron chi connectivity index (χ4n) is 2.31. The van der Waals surface area contributed by atoms with Crippen LogP contribution in [0.1, 0.15) is 87.0 Å². The van der Waals surface area contributed by atoms with Gasteiger partial charge in [0.1, 0.15) is 0 Å². The molecule has 0 heterocycles. The molecule has 0 amide bonds. The fourth-order valence-corrected chi connectivity index (χ4v) is 2.31. The lowest BCUT2D eigenvalue weighted by atomic mass is 10.1. The third kappa shape index (κ3) is 13.9. The van der Waals surface area contributed by atoms with Crippen molar-refractivity contribution in [2.24, 2.45) is 0 Å². The van der Waals surface area contributed by atoms with Crippen LogP contribution in [0.5, 0.6) is 0 Å². The predicted molar refractivity (Wildman–Crippen MR) is 90.8 cm³/mol. The van der Waals surface area contributed by atoms with Crippen LogP contribution in [0.25, 0.3) is 0 Å². The molecule has 0 saturated carbocycles. The monoisotopic (exact) mass is 269 g/mol. The lowest BCUT2D eigenvalue weighted by Gasteiger charge is -2.30. The van der Waals surface area contributed by atoms with E-state index >= 15 is 0 Å². The number of hydrogen-bond acceptors (Lipinski definition) is 1. The Morgan fingerprint density at radius 2 is 1.32 bits per heavy atom. The molecule has 0 spiro atoms. The maximum Gasteiger partial charge on any atom is 0.00412 e. The topological polar surface area (TPSA) is 3.24 Å². The molecule has 0 fully saturated rings. The van der Waals surface area contributed by atoms with Crippen molar-refractivity contribution in [3.05, 3.63) is 12.2 Å². The van der Waals surface area contributed by atoms with Crippen LogP contribution in [-0.2, 0) is 0 Å². The molecule has 0 saturated heterocycles. The summed E-state index contributed by atoms with van der Waals surface area (Å²) in [5, 5.41) is 0. The van der Waals surface area contributed by atoms with E-state index in [0.29, 0.717) is 12.1 Å². The average Bonchev–Trinajstić information content (AvgIpc) is 2.38. The Kier molecular flexibility index (Phi) is 17.4. The van der Waals surface area contributed by atoms with Crippen LogP contribution in [-0.4, -0.2) is 23.5 Å². The van der Waals surface area contributed by atoms with Crippen molar-refractivity contribution in [1.82, 2.24) is 4.90 Å². The average molecular weight is 270 g/mol. The summed E-state index contributed by atoms with van der Waals surface area (Å²) in [6, 6.07) is 1.37. The number of nitrogens with zero attached hydrogens (tertiary/aromatic N) is 1. The van der Waals surface area contributed by atoms with Crippen LogP contribution in [0.15, 0.2) is 12.2 Å². The first-order valence-corrected chi connectivity index (χ1v) is 8.50. The standard InChI is InChI=1S/C16H33N.C2H6/c1-6-7-8-9-10-11-12-13-14-17(15(2)3)16(4)5;1-2/h7-8,15-16H,6,9-14H2,1-5H3;1-2H3/b8-7+;. The quantitative estimate of drug-likeness (QED) is 0.345. The van der Waals surface area contributed by atoms with Crippen molar-refractivity contribution in [2.75, 3.05) is 6.54 Å². The van der Waals surface area contributed by atoms with Crippen LogP contribution in [0.2, 0.25) is 0 Å². The highest BCUT2D eigenvalue weighted by atomic mass is 15.2. The zero-order valence-corrected chi connectivity index (χ0v) is 14.7. The number of unbranched alkanes of at least 4 members (excludes halogenated alkanes) is 4. The van der Waals surface area contributed by atoms with Gasteiger partial charge in [-0.25, -0.2) is 0 Å². The molecule has 0 aliphatic heterocycles. The van der Waals surface area contributed by atoms with Gasteiger partial charge in [0, 0.05) is 12.1 Å². The number of allylic oxidation sites excluding steroid dienone is 2. The molecule has 1 nitrogen and oxygen atoms in total. The van der Waals surface area contributed by atoms with Crippen molar-refractivity contribution < 1.29 is 0 Å². The third-order valence-corrected chi connectivity index (χ3v) is 3.27. The molecule has 0 aromatic rings. The molecule has 0 atom stereocenters. The Morgan fingerprint density at radius 1 is 0.789 bits per heavy atom. The number of hydrogen-bond donors (Lipinski definition) is 0. The molecule has 0 N–H and O–H groups in total. The van der Waals surface area contributed by atoms with Crippen LogP contribution in [0.3, 0.4) is 0 Å². The fraction of sp³-hybridized carbons (Fsp3) is 0.889. The summed E-state index contributed by atoms with van der Waals surface area (Å²) in [4.78, 5) is 2.59. The van der Waals surface area contributed by atoms with Gasteiger partial charge < -0.3 is 0 Å². The first-order chi connectivity index (χ1) is 9.09. The van der Waals surface area contributed by atoms with Crippen molar-refractivity contribution >= 4 is 0 Å². The van der Waals surface area contributed by atoms with Crippen LogP contribution in [0, 0.1) is 0 Å². The lowest BCUT2D eigenvalue weighted by molar-refractivity contribution is 0.171. The lowest BCUT2D eigenvalue weighted by Crippen LogP contribution is -2.37. The Labute approximate surface area is 123 Å². The van der Waals surface area contributed by atoms with Gasteiger partial charge >= 0.3 is 0 Å². The van der Waals surface area contributed by atoms with Gasteiger partial charge in [0.25, 0.3) is 0 Å². The highest BCUT2D eigenvalue weighted by molar-refractivity contribution is 4.79. The van der Waals surface area contributed by atoms with Crippen molar-refractivity contribution in [3.63, 3.8) is 0 Å². The normalized spacial score (nSPS) is 11.5. The first kappa shape index (κ1) is 21.0. The van der Waals surface area contributed by atoms with Crippen LogP contribution >= 0.6 is 0 Å². The van der Waals surface area contributed by atoms with E-state index in [1.165, 1.54) is 45.1 Å². The van der Waals surface area contributed by atoms with Gasteiger partial charge in [-0.3, -0.25) is 4.90 Å². The largest absolute Gasteiger partial charge is 0.299 e. The Bertz CT molecular complexity index is 174. The highest BCUT2D eigenvalue weighted by Crippen LogP contribution is 2.09. The summed E-state index contributed by atoms with van der Waals surface area (Å²) in [6.07, 6.45) is 12.5. The van der Waals surface area contributed by atoms with E-state index in [9.17, 15) is 0 Å². The molecule has 0 aliphatic carbocycles. The molecule has 0 aromatic carbocycles. The predicted octanol–water partition coefficient (Wildman–Crippen LogP) is 6.05. The van der Waals surface area contributed by atoms with Crippen molar-refractivity contribution in [2.45, 2.75) is 99.1 Å². The molecular weight excluding hydrogens is 230 g/mol. The molecule has 0 rings (SSSR count). The summed E-state index contributed by atoms with van der Waals surface area (Å²) in [5.74, 6) is 0. The highest BCUT2D eigenvalue weighted by Gasteiger charge is 2.11. The summed E-state index contributed by atoms with van der Waals surface area (Å²) in [5.41, 5.74) is 0. The molecule has 0 aliphatic rings. The van der Waals surface area contributed by atoms with E-state index in [1.54, 1.807) is 0 Å². The molecule has 0 unspecified atom stereocenters. The molecule has 0 aromatic heterocycles. The second kappa shape index (κ2) is 15.8. The van der Waals surface area contributed by atoms with E-state index < -0.39 is 0 Å². The smallest absolute Gasteiger partial charge is 0.00412 e. The van der Waals surface area contributed by atoms with Gasteiger partial charge in [0.05, 0.1) is 0 Å². The Hall–Kier alpha value is -0.300. The number of rotatable bonds is 10. The van der Waals surface area contributed by atoms with E-state index in [1.807, 2.05) is 13.8 Å². The van der Waals surface area contributed by atoms with Gasteiger partial charge in [-0.2, -0.15) is 0 Å². The van der Waals surface area contributed by atoms with Crippen LogP contribution < -0.4 is 0 Å². The maximum absolute atomic E-state index is 2.59. The second-order valence-electron chi connectivity index (χ2n) is 5.51. The van der Waals surface area contributed by atoms with E-state index in [4.69, 9.17) is 0 Å². The first-order valence-electron chi connectivity index (χ1n) is 8.50. The molecule has 0 radical (unpaired) electrons. The minimum absolute atomic E-state index is 0.683. The van der Waals surface area contributed by atoms with Gasteiger partial charge in [-0.1, -0.05) is 45.8 Å². The van der Waals surface area contributed by atoms with Gasteiger partial charge in [-0.05, 0) is 59.9 Å². The Morgan fingerprint density at radius 3 is 1.79 bits per heavy atom. The van der Waals surface area contributed by atoms with Gasteiger partial charge in [-0.15, -0.1) is 0 Å². The summed E-state index contributed by atoms with van der Waals surface area (Å²) >= 11 is 0. The van der Waals surface area contributed by atoms with Crippen LogP contribution in [0.4, 0.5) is 0 Å². The zero-order chi connectivity index (χ0) is 15.1. The molecule has 19 heavy (non-hydrogen) atoms. The van der Waals surface area contributed by atoms with E-state index in [-0.39, 0.29) is 0 Å². The van der Waals surface area contributed by atoms with E-state index in [0.717, 1.165) is 0 Å². The third-order valence-electron chi connectivity index (χ3n) is 3.27. The summed E-state index contributed by atoms with van der Waals surface area (Å²) in [6.45, 7) is 16.7. The molecular formula is C18H39N. The van der Waals surface area contributed by atoms with Crippen molar-refractivity contribution in [3.8, 4) is 0 Å². The molecule has 116 valence electrons.